The van der Waals surface area contributed by atoms with Gasteiger partial charge in [-0.05, 0) is 42.1 Å². The molecule has 1 unspecified atom stereocenters. The van der Waals surface area contributed by atoms with Gasteiger partial charge in [-0.1, -0.05) is 27.7 Å². The molecule has 1 atom stereocenters. The third-order valence-corrected chi connectivity index (χ3v) is 3.20. The maximum Gasteiger partial charge on any atom is 0.251 e. The Labute approximate surface area is 144 Å². The molecule has 0 saturated carbocycles. The summed E-state index contributed by atoms with van der Waals surface area (Å²) in [5.74, 6) is -0.0352. The Morgan fingerprint density at radius 2 is 1.48 bits per heavy atom. The topological polar surface area (TPSA) is 84.2 Å². The van der Waals surface area contributed by atoms with Crippen LogP contribution in [0.1, 0.15) is 48.4 Å². The molecular formula is C17H28ClN3O2. The largest absolute Gasteiger partial charge is 0.352 e. The van der Waals surface area contributed by atoms with Crippen LogP contribution >= 0.6 is 12.4 Å². The molecule has 4 N–H and O–H groups in total. The molecule has 0 fully saturated rings. The van der Waals surface area contributed by atoms with Crippen LogP contribution in [0.5, 0.6) is 0 Å². The molecule has 23 heavy (non-hydrogen) atoms. The monoisotopic (exact) mass is 341 g/mol. The third kappa shape index (κ3) is 8.00. The van der Waals surface area contributed by atoms with E-state index in [1.165, 1.54) is 0 Å². The van der Waals surface area contributed by atoms with Crippen LogP contribution in [-0.2, 0) is 0 Å². The number of hydrogen-bond acceptors (Lipinski definition) is 3. The molecule has 1 aromatic carbocycles. The number of nitrogens with two attached hydrogens (primary N) is 1. The Kier molecular flexibility index (Phi) is 8.87. The van der Waals surface area contributed by atoms with E-state index in [0.717, 1.165) is 0 Å². The first kappa shape index (κ1) is 21.4. The van der Waals surface area contributed by atoms with Crippen LogP contribution in [0.4, 0.5) is 0 Å². The van der Waals surface area contributed by atoms with Gasteiger partial charge in [-0.25, -0.2) is 0 Å². The highest BCUT2D eigenvalue weighted by molar-refractivity contribution is 5.97. The SMILES string of the molecule is CC(CN)CNC(=O)c1ccc(C(=O)NCC(C)(C)C)cc1.Cl. The Balaban J connectivity index is 0.00000484. The van der Waals surface area contributed by atoms with Gasteiger partial charge in [0, 0.05) is 24.2 Å². The van der Waals surface area contributed by atoms with E-state index in [1.54, 1.807) is 24.3 Å². The number of nitrogens with one attached hydrogen (secondary N) is 2. The molecule has 6 heteroatoms. The van der Waals surface area contributed by atoms with E-state index in [-0.39, 0.29) is 35.6 Å². The van der Waals surface area contributed by atoms with Crippen LogP contribution < -0.4 is 16.4 Å². The van der Waals surface area contributed by atoms with Crippen LogP contribution in [0.2, 0.25) is 0 Å². The Hall–Kier alpha value is -1.59. The van der Waals surface area contributed by atoms with Gasteiger partial charge in [0.2, 0.25) is 0 Å². The van der Waals surface area contributed by atoms with Crippen LogP contribution in [0.3, 0.4) is 0 Å². The van der Waals surface area contributed by atoms with E-state index in [9.17, 15) is 9.59 Å². The maximum absolute atomic E-state index is 12.0. The molecule has 0 aromatic heterocycles. The minimum atomic E-state index is -0.151. The van der Waals surface area contributed by atoms with Crippen molar-refractivity contribution in [2.24, 2.45) is 17.1 Å². The van der Waals surface area contributed by atoms with Crippen LogP contribution in [0.25, 0.3) is 0 Å². The van der Waals surface area contributed by atoms with E-state index in [0.29, 0.717) is 30.8 Å². The van der Waals surface area contributed by atoms with Crippen LogP contribution in [-0.4, -0.2) is 31.4 Å². The molecule has 0 saturated heterocycles. The average Bonchev–Trinajstić information content (AvgIpc) is 2.49. The van der Waals surface area contributed by atoms with Gasteiger partial charge < -0.3 is 16.4 Å². The van der Waals surface area contributed by atoms with E-state index in [4.69, 9.17) is 5.73 Å². The molecule has 0 aliphatic carbocycles. The average molecular weight is 342 g/mol. The van der Waals surface area contributed by atoms with E-state index in [1.807, 2.05) is 6.92 Å². The van der Waals surface area contributed by atoms with Crippen molar-refractivity contribution in [1.29, 1.82) is 0 Å². The number of carbonyl (C=O) groups is 2. The van der Waals surface area contributed by atoms with E-state index >= 15 is 0 Å². The summed E-state index contributed by atoms with van der Waals surface area (Å²) in [7, 11) is 0. The summed E-state index contributed by atoms with van der Waals surface area (Å²) in [6, 6.07) is 6.65. The normalized spacial score (nSPS) is 12.0. The molecule has 0 spiro atoms. The van der Waals surface area contributed by atoms with Gasteiger partial charge in [-0.3, -0.25) is 9.59 Å². The molecule has 1 aromatic rings. The molecule has 0 heterocycles. The summed E-state index contributed by atoms with van der Waals surface area (Å²) in [6.07, 6.45) is 0. The summed E-state index contributed by atoms with van der Waals surface area (Å²) in [6.45, 7) is 9.83. The highest BCUT2D eigenvalue weighted by atomic mass is 35.5. The van der Waals surface area contributed by atoms with Gasteiger partial charge in [-0.15, -0.1) is 12.4 Å². The fraction of sp³-hybridized carbons (Fsp3) is 0.529. The van der Waals surface area contributed by atoms with Gasteiger partial charge in [0.15, 0.2) is 0 Å². The van der Waals surface area contributed by atoms with Crippen molar-refractivity contribution in [3.63, 3.8) is 0 Å². The third-order valence-electron chi connectivity index (χ3n) is 3.20. The molecule has 1 rings (SSSR count). The summed E-state index contributed by atoms with van der Waals surface area (Å²) >= 11 is 0. The van der Waals surface area contributed by atoms with Crippen molar-refractivity contribution < 1.29 is 9.59 Å². The van der Waals surface area contributed by atoms with Gasteiger partial charge in [0.1, 0.15) is 0 Å². The second-order valence-corrected chi connectivity index (χ2v) is 6.87. The predicted molar refractivity (Wildman–Crippen MR) is 96.0 cm³/mol. The summed E-state index contributed by atoms with van der Waals surface area (Å²) in [5, 5.41) is 5.71. The zero-order chi connectivity index (χ0) is 16.8. The lowest BCUT2D eigenvalue weighted by molar-refractivity contribution is 0.0931. The van der Waals surface area contributed by atoms with Crippen LogP contribution in [0.15, 0.2) is 24.3 Å². The second kappa shape index (κ2) is 9.53. The fourth-order valence-electron chi connectivity index (χ4n) is 1.67. The summed E-state index contributed by atoms with van der Waals surface area (Å²) in [4.78, 5) is 24.0. The minimum Gasteiger partial charge on any atom is -0.352 e. The number of amides is 2. The number of carbonyl (C=O) groups excluding carboxylic acids is 2. The first-order valence-electron chi connectivity index (χ1n) is 7.59. The van der Waals surface area contributed by atoms with Crippen molar-refractivity contribution >= 4 is 24.2 Å². The number of hydrogen-bond donors (Lipinski definition) is 3. The van der Waals surface area contributed by atoms with Crippen molar-refractivity contribution in [2.45, 2.75) is 27.7 Å². The smallest absolute Gasteiger partial charge is 0.251 e. The van der Waals surface area contributed by atoms with Gasteiger partial charge >= 0.3 is 0 Å². The zero-order valence-electron chi connectivity index (χ0n) is 14.3. The van der Waals surface area contributed by atoms with Crippen molar-refractivity contribution in [3.8, 4) is 0 Å². The predicted octanol–water partition coefficient (Wildman–Crippen LogP) is 2.21. The van der Waals surface area contributed by atoms with E-state index in [2.05, 4.69) is 31.4 Å². The molecule has 0 bridgehead atoms. The summed E-state index contributed by atoms with van der Waals surface area (Å²) < 4.78 is 0. The number of halogens is 1. The minimum absolute atomic E-state index is 0. The lowest BCUT2D eigenvalue weighted by Crippen LogP contribution is -2.32. The number of benzene rings is 1. The quantitative estimate of drug-likeness (QED) is 0.741. The standard InChI is InChI=1S/C17H27N3O2.ClH/c1-12(9-18)10-19-15(21)13-5-7-14(8-6-13)16(22)20-11-17(2,3)4;/h5-8,12H,9-11,18H2,1-4H3,(H,19,21)(H,20,22);1H. The first-order chi connectivity index (χ1) is 10.2. The maximum atomic E-state index is 12.0. The lowest BCUT2D eigenvalue weighted by atomic mass is 9.97. The first-order valence-corrected chi connectivity index (χ1v) is 7.59. The molecular weight excluding hydrogens is 314 g/mol. The Bertz CT molecular complexity index is 510. The van der Waals surface area contributed by atoms with Crippen molar-refractivity contribution in [2.75, 3.05) is 19.6 Å². The molecule has 130 valence electrons. The van der Waals surface area contributed by atoms with Crippen molar-refractivity contribution in [1.82, 2.24) is 10.6 Å². The Morgan fingerprint density at radius 1 is 1.04 bits per heavy atom. The van der Waals surface area contributed by atoms with E-state index < -0.39 is 0 Å². The zero-order valence-corrected chi connectivity index (χ0v) is 15.1. The van der Waals surface area contributed by atoms with Gasteiger partial charge in [-0.2, -0.15) is 0 Å². The summed E-state index contributed by atoms with van der Waals surface area (Å²) in [5.41, 5.74) is 6.64. The highest BCUT2D eigenvalue weighted by Gasteiger charge is 2.13. The molecule has 0 aliphatic heterocycles. The molecule has 0 radical (unpaired) electrons. The lowest BCUT2D eigenvalue weighted by Gasteiger charge is -2.18. The Morgan fingerprint density at radius 3 is 1.87 bits per heavy atom. The fourth-order valence-corrected chi connectivity index (χ4v) is 1.67. The molecule has 5 nitrogen and oxygen atoms in total. The van der Waals surface area contributed by atoms with Gasteiger partial charge in [0.05, 0.1) is 0 Å². The second-order valence-electron chi connectivity index (χ2n) is 6.87. The van der Waals surface area contributed by atoms with Gasteiger partial charge in [0.25, 0.3) is 11.8 Å². The number of rotatable bonds is 6. The van der Waals surface area contributed by atoms with Crippen LogP contribution in [0, 0.1) is 11.3 Å². The molecule has 2 amide bonds. The van der Waals surface area contributed by atoms with Crippen molar-refractivity contribution in [3.05, 3.63) is 35.4 Å². The highest BCUT2D eigenvalue weighted by Crippen LogP contribution is 2.11. The molecule has 0 aliphatic rings.